The molecule has 1 aliphatic rings. The number of aliphatic hydroxyl groups is 1. The summed E-state index contributed by atoms with van der Waals surface area (Å²) < 4.78 is 101. The number of amides is 1. The molecule has 4 rings (SSSR count). The molecule has 6 nitrogen and oxygen atoms in total. The second-order valence-corrected chi connectivity index (χ2v) is 8.77. The number of fused-ring (bicyclic) bond motifs is 1. The molecule has 0 spiro atoms. The number of carbonyl (C=O) groups excluding carboxylic acids is 1. The summed E-state index contributed by atoms with van der Waals surface area (Å²) in [6, 6.07) is 4.83. The summed E-state index contributed by atoms with van der Waals surface area (Å²) in [7, 11) is 0. The van der Waals surface area contributed by atoms with E-state index in [-0.39, 0.29) is 35.0 Å². The molecular weight excluding hydrogens is 501 g/mol. The number of hydrogen-bond donors (Lipinski definition) is 2. The van der Waals surface area contributed by atoms with Crippen LogP contribution in [0.5, 0.6) is 0 Å². The molecule has 0 saturated heterocycles. The molecule has 1 saturated carbocycles. The molecule has 1 fully saturated rings. The van der Waals surface area contributed by atoms with Crippen molar-refractivity contribution in [3.05, 3.63) is 69.5 Å². The maximum Gasteiger partial charge on any atom is 0.426 e. The summed E-state index contributed by atoms with van der Waals surface area (Å²) in [6.45, 7) is 1.44. The molecule has 3 aromatic rings. The lowest BCUT2D eigenvalue weighted by atomic mass is 9.80. The Morgan fingerprint density at radius 3 is 2.33 bits per heavy atom. The number of aryl methyl sites for hydroxylation is 1. The molecule has 36 heavy (non-hydrogen) atoms. The molecule has 0 radical (unpaired) electrons. The van der Waals surface area contributed by atoms with E-state index >= 15 is 0 Å². The highest BCUT2D eigenvalue weighted by Gasteiger charge is 2.65. The second kappa shape index (κ2) is 8.29. The van der Waals surface area contributed by atoms with Crippen molar-refractivity contribution in [3.8, 4) is 0 Å². The average molecular weight is 518 g/mol. The topological polar surface area (TPSA) is 92.4 Å². The molecule has 2 aromatic carbocycles. The van der Waals surface area contributed by atoms with Crippen LogP contribution in [0.2, 0.25) is 0 Å². The number of halogens is 7. The average Bonchev–Trinajstić information content (AvgIpc) is 3.55. The summed E-state index contributed by atoms with van der Waals surface area (Å²) in [5, 5.41) is 16.2. The van der Waals surface area contributed by atoms with Gasteiger partial charge in [0.25, 0.3) is 5.91 Å². The lowest BCUT2D eigenvalue weighted by Crippen LogP contribution is -2.56. The van der Waals surface area contributed by atoms with Crippen molar-refractivity contribution in [1.29, 1.82) is 0 Å². The predicted octanol–water partition coefficient (Wildman–Crippen LogP) is 5.01. The Bertz CT molecular complexity index is 1410. The molecule has 1 unspecified atom stereocenters. The van der Waals surface area contributed by atoms with E-state index in [2.05, 4.69) is 9.68 Å². The van der Waals surface area contributed by atoms with Crippen molar-refractivity contribution in [2.45, 2.75) is 49.6 Å². The number of benzene rings is 2. The molecule has 1 aromatic heterocycles. The first-order valence-electron chi connectivity index (χ1n) is 10.5. The van der Waals surface area contributed by atoms with Gasteiger partial charge in [-0.2, -0.15) is 26.3 Å². The molecule has 0 bridgehead atoms. The minimum absolute atomic E-state index is 0.0364. The van der Waals surface area contributed by atoms with Crippen LogP contribution in [0.15, 0.2) is 45.7 Å². The quantitative estimate of drug-likeness (QED) is 0.464. The largest absolute Gasteiger partial charge is 0.426 e. The highest BCUT2D eigenvalue weighted by Crippen LogP contribution is 2.58. The molecule has 192 valence electrons. The van der Waals surface area contributed by atoms with Gasteiger partial charge in [0.05, 0.1) is 16.6 Å². The summed E-state index contributed by atoms with van der Waals surface area (Å²) in [6.07, 6.45) is -12.5. The van der Waals surface area contributed by atoms with Crippen LogP contribution in [-0.4, -0.2) is 27.9 Å². The van der Waals surface area contributed by atoms with E-state index in [9.17, 15) is 45.4 Å². The van der Waals surface area contributed by atoms with E-state index in [1.807, 2.05) is 5.32 Å². The van der Waals surface area contributed by atoms with Crippen molar-refractivity contribution in [2.24, 2.45) is 0 Å². The van der Waals surface area contributed by atoms with Crippen molar-refractivity contribution in [1.82, 2.24) is 5.16 Å². The second-order valence-electron chi connectivity index (χ2n) is 8.77. The van der Waals surface area contributed by atoms with Crippen LogP contribution in [0, 0.1) is 12.7 Å². The van der Waals surface area contributed by atoms with Gasteiger partial charge in [-0.05, 0) is 67.1 Å². The molecule has 0 aliphatic heterocycles. The minimum atomic E-state index is -5.59. The van der Waals surface area contributed by atoms with Crippen LogP contribution < -0.4 is 10.9 Å². The fraction of sp³-hybridized carbons (Fsp3) is 0.348. The van der Waals surface area contributed by atoms with Gasteiger partial charge >= 0.3 is 18.0 Å². The van der Waals surface area contributed by atoms with Crippen LogP contribution in [0.25, 0.3) is 10.8 Å². The first-order chi connectivity index (χ1) is 16.6. The maximum atomic E-state index is 14.0. The Morgan fingerprint density at radius 2 is 1.75 bits per heavy atom. The number of nitrogens with one attached hydrogen (secondary N) is 1. The Hall–Kier alpha value is -3.48. The van der Waals surface area contributed by atoms with E-state index in [1.165, 1.54) is 13.0 Å². The molecule has 2 N–H and O–H groups in total. The zero-order valence-corrected chi connectivity index (χ0v) is 18.4. The van der Waals surface area contributed by atoms with Gasteiger partial charge in [-0.1, -0.05) is 5.16 Å². The number of hydrogen-bond acceptors (Lipinski definition) is 5. The third kappa shape index (κ3) is 4.43. The Labute approximate surface area is 197 Å². The van der Waals surface area contributed by atoms with Gasteiger partial charge in [-0.15, -0.1) is 0 Å². The maximum absolute atomic E-state index is 14.0. The van der Waals surface area contributed by atoms with Crippen LogP contribution in [0.1, 0.15) is 36.1 Å². The standard InChI is InChI=1S/C23H17F7N2O4/c1-11-15-9-13(3-4-14(15)18(33)36-32-11)31-19(34)21(35,23(28,29)30)10-20(6-7-20)17-8-12(24)2-5-16(17)22(25,26)27/h2-5,8-9,35H,6-7,10H2,1H3,(H,31,34). The zero-order chi connectivity index (χ0) is 26.7. The first-order valence-corrected chi connectivity index (χ1v) is 10.5. The third-order valence-electron chi connectivity index (χ3n) is 6.30. The van der Waals surface area contributed by atoms with Crippen LogP contribution in [0.4, 0.5) is 36.4 Å². The van der Waals surface area contributed by atoms with Gasteiger partial charge in [0.1, 0.15) is 5.82 Å². The lowest BCUT2D eigenvalue weighted by molar-refractivity contribution is -0.253. The SMILES string of the molecule is Cc1noc(=O)c2ccc(NC(=O)C(O)(CC3(c4cc(F)ccc4C(F)(F)F)CC3)C(F)(F)F)cc12. The number of alkyl halides is 6. The fourth-order valence-electron chi connectivity index (χ4n) is 4.24. The lowest BCUT2D eigenvalue weighted by Gasteiger charge is -2.33. The van der Waals surface area contributed by atoms with Gasteiger partial charge in [-0.25, -0.2) is 9.18 Å². The molecule has 13 heteroatoms. The van der Waals surface area contributed by atoms with E-state index < -0.39 is 58.3 Å². The number of carbonyl (C=O) groups is 1. The molecule has 1 atom stereocenters. The third-order valence-corrected chi connectivity index (χ3v) is 6.30. The van der Waals surface area contributed by atoms with Crippen LogP contribution in [-0.2, 0) is 16.4 Å². The van der Waals surface area contributed by atoms with Gasteiger partial charge < -0.3 is 14.9 Å². The molecule has 1 amide bonds. The molecular formula is C23H17F7N2O4. The normalized spacial score (nSPS) is 17.0. The zero-order valence-electron chi connectivity index (χ0n) is 18.4. The molecule has 1 heterocycles. The summed E-state index contributed by atoms with van der Waals surface area (Å²) in [4.78, 5) is 24.5. The summed E-state index contributed by atoms with van der Waals surface area (Å²) in [5.74, 6) is -3.05. The molecule has 1 aliphatic carbocycles. The van der Waals surface area contributed by atoms with Crippen molar-refractivity contribution < 1.29 is 45.2 Å². The van der Waals surface area contributed by atoms with Gasteiger partial charge in [0, 0.05) is 17.5 Å². The monoisotopic (exact) mass is 518 g/mol. The van der Waals surface area contributed by atoms with Crippen molar-refractivity contribution >= 4 is 22.4 Å². The number of aromatic nitrogens is 1. The number of nitrogens with zero attached hydrogens (tertiary/aromatic N) is 1. The predicted molar refractivity (Wildman–Crippen MR) is 112 cm³/mol. The highest BCUT2D eigenvalue weighted by atomic mass is 19.4. The minimum Gasteiger partial charge on any atom is -0.373 e. The smallest absolute Gasteiger partial charge is 0.373 e. The van der Waals surface area contributed by atoms with E-state index in [0.29, 0.717) is 18.2 Å². The van der Waals surface area contributed by atoms with E-state index in [4.69, 9.17) is 0 Å². The van der Waals surface area contributed by atoms with Crippen molar-refractivity contribution in [2.75, 3.05) is 5.32 Å². The van der Waals surface area contributed by atoms with Gasteiger partial charge in [0.2, 0.25) is 5.60 Å². The summed E-state index contributed by atoms with van der Waals surface area (Å²) in [5.41, 5.74) is -9.03. The van der Waals surface area contributed by atoms with E-state index in [0.717, 1.165) is 12.1 Å². The van der Waals surface area contributed by atoms with Crippen LogP contribution >= 0.6 is 0 Å². The number of rotatable bonds is 5. The van der Waals surface area contributed by atoms with Crippen molar-refractivity contribution in [3.63, 3.8) is 0 Å². The Balaban J connectivity index is 1.72. The fourth-order valence-corrected chi connectivity index (χ4v) is 4.24. The Kier molecular flexibility index (Phi) is 5.90. The Morgan fingerprint density at radius 1 is 1.08 bits per heavy atom. The van der Waals surface area contributed by atoms with Crippen LogP contribution in [0.3, 0.4) is 0 Å². The van der Waals surface area contributed by atoms with Gasteiger partial charge in [-0.3, -0.25) is 4.79 Å². The summed E-state index contributed by atoms with van der Waals surface area (Å²) >= 11 is 0. The first kappa shape index (κ1) is 25.6. The van der Waals surface area contributed by atoms with E-state index in [1.54, 1.807) is 0 Å². The van der Waals surface area contributed by atoms with Gasteiger partial charge in [0.15, 0.2) is 0 Å². The highest BCUT2D eigenvalue weighted by molar-refractivity contribution is 6.00. The number of anilines is 1.